The number of benzene rings is 1. The van der Waals surface area contributed by atoms with Crippen molar-refractivity contribution in [1.82, 2.24) is 4.90 Å². The summed E-state index contributed by atoms with van der Waals surface area (Å²) in [6.07, 6.45) is 2.32. The maximum Gasteiger partial charge on any atom is 0.269 e. The monoisotopic (exact) mass is 252 g/mol. The summed E-state index contributed by atoms with van der Waals surface area (Å²) in [5.41, 5.74) is 0.0240. The molecule has 1 heterocycles. The van der Waals surface area contributed by atoms with E-state index in [1.165, 1.54) is 12.1 Å². The molecule has 0 saturated carbocycles. The fourth-order valence-corrected chi connectivity index (χ4v) is 4.09. The van der Waals surface area contributed by atoms with Gasteiger partial charge in [0.2, 0.25) is 0 Å². The van der Waals surface area contributed by atoms with E-state index in [-0.39, 0.29) is 5.69 Å². The fourth-order valence-electron chi connectivity index (χ4n) is 1.77. The van der Waals surface area contributed by atoms with Crippen molar-refractivity contribution in [2.75, 3.05) is 12.8 Å². The third-order valence-corrected chi connectivity index (χ3v) is 5.38. The van der Waals surface area contributed by atoms with Gasteiger partial charge in [-0.2, -0.15) is 0 Å². The number of nitro benzene ring substituents is 1. The van der Waals surface area contributed by atoms with Crippen LogP contribution >= 0.6 is 7.14 Å². The van der Waals surface area contributed by atoms with Gasteiger partial charge in [0.25, 0.3) is 5.69 Å². The number of rotatable bonds is 3. The van der Waals surface area contributed by atoms with E-state index in [4.69, 9.17) is 0 Å². The van der Waals surface area contributed by atoms with Gasteiger partial charge in [0.1, 0.15) is 0 Å². The van der Waals surface area contributed by atoms with Crippen LogP contribution in [0.25, 0.3) is 0 Å². The molecule has 90 valence electrons. The van der Waals surface area contributed by atoms with Crippen LogP contribution in [0.5, 0.6) is 0 Å². The number of hydrogen-bond acceptors (Lipinski definition) is 4. The molecule has 17 heavy (non-hydrogen) atoms. The summed E-state index contributed by atoms with van der Waals surface area (Å²) >= 11 is 0. The van der Waals surface area contributed by atoms with Crippen molar-refractivity contribution >= 4 is 18.1 Å². The first-order valence-electron chi connectivity index (χ1n) is 5.32. The molecule has 0 fully saturated rings. The van der Waals surface area contributed by atoms with Gasteiger partial charge in [0.05, 0.1) is 11.2 Å². The Labute approximate surface area is 99.3 Å². The lowest BCUT2D eigenvalue weighted by molar-refractivity contribution is -0.384. The van der Waals surface area contributed by atoms with E-state index >= 15 is 0 Å². The first-order chi connectivity index (χ1) is 8.05. The van der Waals surface area contributed by atoms with Gasteiger partial charge in [-0.05, 0) is 24.9 Å². The largest absolute Gasteiger partial charge is 0.370 e. The van der Waals surface area contributed by atoms with Crippen molar-refractivity contribution in [3.05, 3.63) is 46.4 Å². The highest BCUT2D eigenvalue weighted by molar-refractivity contribution is 7.74. The molecule has 1 aliphatic rings. The van der Waals surface area contributed by atoms with E-state index in [1.807, 2.05) is 18.0 Å². The zero-order valence-electron chi connectivity index (χ0n) is 9.44. The van der Waals surface area contributed by atoms with Gasteiger partial charge >= 0.3 is 0 Å². The van der Waals surface area contributed by atoms with E-state index in [9.17, 15) is 14.7 Å². The van der Waals surface area contributed by atoms with Crippen LogP contribution in [0.15, 0.2) is 36.3 Å². The summed E-state index contributed by atoms with van der Waals surface area (Å²) in [4.78, 5) is 12.0. The molecule has 1 aliphatic heterocycles. The number of nitro groups is 1. The second-order valence-electron chi connectivity index (χ2n) is 3.91. The minimum absolute atomic E-state index is 0.0240. The Balaban J connectivity index is 2.27. The molecule has 0 radical (unpaired) electrons. The van der Waals surface area contributed by atoms with Gasteiger partial charge in [-0.1, -0.05) is 0 Å². The molecular weight excluding hydrogens is 239 g/mol. The van der Waals surface area contributed by atoms with Gasteiger partial charge in [-0.3, -0.25) is 10.1 Å². The summed E-state index contributed by atoms with van der Waals surface area (Å²) in [5.74, 6) is 1.72. The molecule has 5 nitrogen and oxygen atoms in total. The second-order valence-corrected chi connectivity index (χ2v) is 6.60. The molecule has 1 unspecified atom stereocenters. The lowest BCUT2D eigenvalue weighted by atomic mass is 10.3. The smallest absolute Gasteiger partial charge is 0.269 e. The van der Waals surface area contributed by atoms with Crippen LogP contribution in [0.4, 0.5) is 5.69 Å². The predicted molar refractivity (Wildman–Crippen MR) is 66.7 cm³/mol. The summed E-state index contributed by atoms with van der Waals surface area (Å²) in [6.45, 7) is 2.81. The number of nitrogens with zero attached hydrogens (tertiary/aromatic N) is 2. The fraction of sp³-hybridized carbons (Fsp3) is 0.273. The van der Waals surface area contributed by atoms with Crippen LogP contribution in [0, 0.1) is 10.1 Å². The van der Waals surface area contributed by atoms with Crippen LogP contribution in [-0.4, -0.2) is 22.7 Å². The lowest BCUT2D eigenvalue weighted by Gasteiger charge is -2.15. The maximum absolute atomic E-state index is 12.6. The number of hydrogen-bond donors (Lipinski definition) is 0. The Morgan fingerprint density at radius 1 is 1.41 bits per heavy atom. The molecule has 0 aliphatic carbocycles. The first-order valence-corrected chi connectivity index (χ1v) is 7.28. The Morgan fingerprint density at radius 2 is 2.06 bits per heavy atom. The average molecular weight is 252 g/mol. The third kappa shape index (κ3) is 2.24. The SMILES string of the molecule is CCN1C=CP(=O)(c2ccc([N+](=O)[O-])cc2)C1. The summed E-state index contributed by atoms with van der Waals surface area (Å²) < 4.78 is 12.6. The van der Waals surface area contributed by atoms with Crippen LogP contribution in [0.3, 0.4) is 0 Å². The van der Waals surface area contributed by atoms with Crippen molar-refractivity contribution in [2.45, 2.75) is 6.92 Å². The zero-order chi connectivity index (χ0) is 12.5. The Hall–Kier alpha value is -1.61. The highest BCUT2D eigenvalue weighted by atomic mass is 31.2. The predicted octanol–water partition coefficient (Wildman–Crippen LogP) is 2.35. The molecular formula is C11H13N2O3P. The standard InChI is InChI=1S/C11H13N2O3P/c1-2-12-7-8-17(16,9-12)11-5-3-10(4-6-11)13(14)15/h3-8H,2,9H2,1H3. The molecule has 1 aromatic carbocycles. The molecule has 0 bridgehead atoms. The minimum atomic E-state index is -2.52. The summed E-state index contributed by atoms with van der Waals surface area (Å²) in [5, 5.41) is 11.2. The summed E-state index contributed by atoms with van der Waals surface area (Å²) in [6, 6.07) is 5.97. The third-order valence-electron chi connectivity index (χ3n) is 2.81. The molecule has 2 rings (SSSR count). The Morgan fingerprint density at radius 3 is 2.53 bits per heavy atom. The quantitative estimate of drug-likeness (QED) is 0.470. The highest BCUT2D eigenvalue weighted by Gasteiger charge is 2.28. The van der Waals surface area contributed by atoms with E-state index < -0.39 is 12.1 Å². The topological polar surface area (TPSA) is 63.5 Å². The van der Waals surface area contributed by atoms with Crippen LogP contribution in [-0.2, 0) is 4.57 Å². The molecule has 1 aromatic rings. The van der Waals surface area contributed by atoms with Crippen LogP contribution in [0.1, 0.15) is 6.92 Å². The molecule has 1 atom stereocenters. The average Bonchev–Trinajstić information content (AvgIpc) is 2.73. The van der Waals surface area contributed by atoms with Crippen molar-refractivity contribution in [2.24, 2.45) is 0 Å². The normalized spacial score (nSPS) is 23.0. The van der Waals surface area contributed by atoms with Crippen molar-refractivity contribution in [1.29, 1.82) is 0 Å². The minimum Gasteiger partial charge on any atom is -0.370 e. The van der Waals surface area contributed by atoms with Gasteiger partial charge in [0, 0.05) is 30.2 Å². The molecule has 0 amide bonds. The second kappa shape index (κ2) is 4.34. The van der Waals surface area contributed by atoms with Gasteiger partial charge in [-0.15, -0.1) is 0 Å². The van der Waals surface area contributed by atoms with Crippen molar-refractivity contribution < 1.29 is 9.49 Å². The molecule has 6 heteroatoms. The van der Waals surface area contributed by atoms with Gasteiger partial charge in [0.15, 0.2) is 7.14 Å². The van der Waals surface area contributed by atoms with Gasteiger partial charge < -0.3 is 9.46 Å². The number of non-ortho nitro benzene ring substituents is 1. The molecule has 0 aromatic heterocycles. The lowest BCUT2D eigenvalue weighted by Crippen LogP contribution is -2.16. The zero-order valence-corrected chi connectivity index (χ0v) is 10.3. The van der Waals surface area contributed by atoms with Gasteiger partial charge in [-0.25, -0.2) is 0 Å². The molecule has 0 N–H and O–H groups in total. The molecule has 0 spiro atoms. The van der Waals surface area contributed by atoms with E-state index in [0.717, 1.165) is 6.54 Å². The Kier molecular flexibility index (Phi) is 3.03. The van der Waals surface area contributed by atoms with Crippen LogP contribution in [0.2, 0.25) is 0 Å². The first kappa shape index (κ1) is 11.9. The molecule has 0 saturated heterocycles. The van der Waals surface area contributed by atoms with Crippen molar-refractivity contribution in [3.63, 3.8) is 0 Å². The van der Waals surface area contributed by atoms with Crippen molar-refractivity contribution in [3.8, 4) is 0 Å². The highest BCUT2D eigenvalue weighted by Crippen LogP contribution is 2.50. The van der Waals surface area contributed by atoms with E-state index in [2.05, 4.69) is 0 Å². The van der Waals surface area contributed by atoms with E-state index in [0.29, 0.717) is 11.6 Å². The summed E-state index contributed by atoms with van der Waals surface area (Å²) in [7, 11) is -2.52. The van der Waals surface area contributed by atoms with E-state index in [1.54, 1.807) is 17.9 Å². The maximum atomic E-state index is 12.6. The Bertz CT molecular complexity index is 510. The van der Waals surface area contributed by atoms with Crippen LogP contribution < -0.4 is 5.30 Å².